The minimum Gasteiger partial charge on any atom is -0.295 e. The van der Waals surface area contributed by atoms with Gasteiger partial charge in [-0.05, 0) is 57.7 Å². The molecule has 4 heteroatoms. The van der Waals surface area contributed by atoms with Crippen LogP contribution < -0.4 is 0 Å². The quantitative estimate of drug-likeness (QED) is 0.430. The molecule has 0 amide bonds. The van der Waals surface area contributed by atoms with Crippen LogP contribution in [0.2, 0.25) is 0 Å². The van der Waals surface area contributed by atoms with Crippen LogP contribution in [0.25, 0.3) is 0 Å². The van der Waals surface area contributed by atoms with Gasteiger partial charge in [-0.3, -0.25) is 4.79 Å². The summed E-state index contributed by atoms with van der Waals surface area (Å²) in [5, 5.41) is 0. The molecule has 2 aromatic rings. The Balaban J connectivity index is 0.00000116. The van der Waals surface area contributed by atoms with Gasteiger partial charge >= 0.3 is 0 Å². The first kappa shape index (κ1) is 19.1. The number of carbonyl (C=O) groups is 1. The first-order valence-electron chi connectivity index (χ1n) is 6.88. The molecule has 0 N–H and O–H groups in total. The summed E-state index contributed by atoms with van der Waals surface area (Å²) in [6, 6.07) is 16.3. The molecule has 118 valence electrons. The Kier molecular flexibility index (Phi) is 7.54. The van der Waals surface area contributed by atoms with Gasteiger partial charge in [-0.2, -0.15) is 0 Å². The third kappa shape index (κ3) is 5.71. The summed E-state index contributed by atoms with van der Waals surface area (Å²) in [7, 11) is 0. The molecule has 1 nitrogen and oxygen atoms in total. The van der Waals surface area contributed by atoms with Crippen LogP contribution in [0.5, 0.6) is 0 Å². The van der Waals surface area contributed by atoms with E-state index in [4.69, 9.17) is 0 Å². The molecular weight excluding hydrogens is 332 g/mol. The second kappa shape index (κ2) is 8.66. The van der Waals surface area contributed by atoms with Crippen LogP contribution in [0.4, 0.5) is 0 Å². The molecule has 0 aliphatic rings. The van der Waals surface area contributed by atoms with E-state index in [0.29, 0.717) is 0 Å². The monoisotopic (exact) mass is 353 g/mol. The summed E-state index contributed by atoms with van der Waals surface area (Å²) >= 11 is 10.1. The van der Waals surface area contributed by atoms with Gasteiger partial charge in [0.15, 0.2) is 5.78 Å². The maximum atomic E-state index is 11.2. The van der Waals surface area contributed by atoms with E-state index in [0.717, 1.165) is 10.5 Å². The predicted molar refractivity (Wildman–Crippen MR) is 102 cm³/mol. The number of ketones is 1. The van der Waals surface area contributed by atoms with Crippen molar-refractivity contribution in [2.24, 2.45) is 0 Å². The van der Waals surface area contributed by atoms with Crippen LogP contribution in [-0.4, -0.2) is 12.2 Å². The molecule has 0 saturated heterocycles. The lowest BCUT2D eigenvalue weighted by Gasteiger charge is -2.12. The Hall–Kier alpha value is -0.900. The lowest BCUT2D eigenvalue weighted by atomic mass is 10.0. The minimum absolute atomic E-state index is 0.00761. The number of Topliss-reactive ketones (excluding diaryl/α,β-unsaturated/α-hetero) is 1. The lowest BCUT2D eigenvalue weighted by molar-refractivity contribution is 0.101. The molecule has 2 aromatic carbocycles. The van der Waals surface area contributed by atoms with Crippen molar-refractivity contribution in [3.05, 3.63) is 59.7 Å². The van der Waals surface area contributed by atoms with Gasteiger partial charge in [-0.25, -0.2) is 0 Å². The van der Waals surface area contributed by atoms with Gasteiger partial charge in [-0.1, -0.05) is 36.0 Å². The molecule has 0 radical (unpaired) electrons. The Bertz CT molecular complexity index is 598. The zero-order chi connectivity index (χ0) is 16.8. The largest absolute Gasteiger partial charge is 0.295 e. The third-order valence-corrected chi connectivity index (χ3v) is 4.38. The molecule has 0 aliphatic carbocycles. The van der Waals surface area contributed by atoms with Crippen molar-refractivity contribution in [3.8, 4) is 0 Å². The second-order valence-corrected chi connectivity index (χ2v) is 7.73. The molecular formula is C18H22ClOS2+. The van der Waals surface area contributed by atoms with Crippen LogP contribution in [0.1, 0.15) is 36.7 Å². The van der Waals surface area contributed by atoms with Gasteiger partial charge in [0, 0.05) is 27.3 Å². The first-order chi connectivity index (χ1) is 10.4. The van der Waals surface area contributed by atoms with E-state index >= 15 is 0 Å². The van der Waals surface area contributed by atoms with Gasteiger partial charge in [0.2, 0.25) is 0 Å². The zero-order valence-electron chi connectivity index (χ0n) is 13.3. The first-order valence-corrected chi connectivity index (χ1v) is 8.96. The van der Waals surface area contributed by atoms with Gasteiger partial charge in [0.05, 0.1) is 0 Å². The summed E-state index contributed by atoms with van der Waals surface area (Å²) in [4.78, 5) is 13.6. The number of alkyl halides is 1. The molecule has 0 unspecified atom stereocenters. The Morgan fingerprint density at radius 2 is 1.36 bits per heavy atom. The smallest absolute Gasteiger partial charge is 0.159 e. The molecule has 0 aliphatic heterocycles. The number of hydrogen-bond donors (Lipinski definition) is 0. The highest BCUT2D eigenvalue weighted by molar-refractivity contribution is 7.99. The maximum Gasteiger partial charge on any atom is 0.159 e. The fraction of sp³-hybridized carbons (Fsp3) is 0.278. The third-order valence-electron chi connectivity index (χ3n) is 3.07. The standard InChI is InChI=1S/C17H18OS2.CH3Cl/c1-12(18)13-4-8-15(9-5-13)20-16-10-6-14(7-11-16)17(2,3)19;1-2/h4-11,19H,1-3H3;1H3/p+1. The van der Waals surface area contributed by atoms with Crippen molar-refractivity contribution in [1.82, 2.24) is 0 Å². The van der Waals surface area contributed by atoms with Crippen molar-refractivity contribution < 1.29 is 4.79 Å². The molecule has 0 fully saturated rings. The topological polar surface area (TPSA) is 17.1 Å². The fourth-order valence-corrected chi connectivity index (χ4v) is 2.82. The maximum absolute atomic E-state index is 11.2. The van der Waals surface area contributed by atoms with E-state index in [1.807, 2.05) is 24.3 Å². The predicted octanol–water partition coefficient (Wildman–Crippen LogP) is 5.14. The van der Waals surface area contributed by atoms with Crippen LogP contribution in [0.15, 0.2) is 58.3 Å². The second-order valence-electron chi connectivity index (χ2n) is 5.33. The van der Waals surface area contributed by atoms with Gasteiger partial charge in [0.1, 0.15) is 4.75 Å². The number of halogens is 1. The van der Waals surface area contributed by atoms with Crippen LogP contribution in [-0.2, 0) is 17.4 Å². The lowest BCUT2D eigenvalue weighted by Crippen LogP contribution is -2.11. The number of hydrogen-bond acceptors (Lipinski definition) is 2. The molecule has 22 heavy (non-hydrogen) atoms. The summed E-state index contributed by atoms with van der Waals surface area (Å²) in [6.45, 7) is 5.85. The van der Waals surface area contributed by atoms with E-state index in [-0.39, 0.29) is 10.5 Å². The summed E-state index contributed by atoms with van der Waals surface area (Å²) in [5.41, 5.74) is 2.01. The van der Waals surface area contributed by atoms with Crippen LogP contribution in [0.3, 0.4) is 0 Å². The van der Waals surface area contributed by atoms with Gasteiger partial charge in [0.25, 0.3) is 0 Å². The van der Waals surface area contributed by atoms with Gasteiger partial charge < -0.3 is 0 Å². The molecule has 2 rings (SSSR count). The van der Waals surface area contributed by atoms with Crippen molar-refractivity contribution in [1.29, 1.82) is 0 Å². The zero-order valence-corrected chi connectivity index (χ0v) is 15.9. The number of rotatable bonds is 4. The fourth-order valence-electron chi connectivity index (χ4n) is 1.83. The molecule has 0 heterocycles. The number of benzene rings is 2. The Labute approximate surface area is 147 Å². The Morgan fingerprint density at radius 3 is 1.73 bits per heavy atom. The van der Waals surface area contributed by atoms with E-state index in [1.165, 1.54) is 16.8 Å². The molecule has 0 atom stereocenters. The van der Waals surface area contributed by atoms with E-state index < -0.39 is 0 Å². The molecule has 0 bridgehead atoms. The van der Waals surface area contributed by atoms with E-state index in [9.17, 15) is 4.79 Å². The van der Waals surface area contributed by atoms with Crippen LogP contribution in [0, 0.1) is 0 Å². The van der Waals surface area contributed by atoms with Crippen molar-refractivity contribution in [2.75, 3.05) is 6.38 Å². The van der Waals surface area contributed by atoms with Gasteiger partial charge in [-0.15, -0.1) is 11.6 Å². The highest BCUT2D eigenvalue weighted by Gasteiger charge is 2.20. The molecule has 0 spiro atoms. The number of carbonyl (C=O) groups excluding carboxylic acids is 1. The van der Waals surface area contributed by atoms with Crippen molar-refractivity contribution in [2.45, 2.75) is 35.3 Å². The SMILES string of the molecule is CC(=O)c1ccc(Sc2ccc(C(C)(C)[SH2+])cc2)cc1.CCl. The summed E-state index contributed by atoms with van der Waals surface area (Å²) < 4.78 is -0.00761. The highest BCUT2D eigenvalue weighted by Crippen LogP contribution is 2.30. The van der Waals surface area contributed by atoms with Crippen molar-refractivity contribution >= 4 is 41.8 Å². The Morgan fingerprint density at radius 1 is 0.955 bits per heavy atom. The summed E-state index contributed by atoms with van der Waals surface area (Å²) in [6.07, 6.45) is 1.47. The molecule has 0 saturated carbocycles. The summed E-state index contributed by atoms with van der Waals surface area (Å²) in [5.74, 6) is 0.102. The average Bonchev–Trinajstić information content (AvgIpc) is 2.49. The van der Waals surface area contributed by atoms with Crippen LogP contribution >= 0.6 is 23.4 Å². The van der Waals surface area contributed by atoms with E-state index in [1.54, 1.807) is 18.7 Å². The average molecular weight is 354 g/mol. The highest BCUT2D eigenvalue weighted by atomic mass is 35.5. The van der Waals surface area contributed by atoms with E-state index in [2.05, 4.69) is 62.3 Å². The molecule has 0 aromatic heterocycles. The van der Waals surface area contributed by atoms with Crippen molar-refractivity contribution in [3.63, 3.8) is 0 Å². The normalized spacial score (nSPS) is 10.6. The minimum atomic E-state index is -0.00761.